The summed E-state index contributed by atoms with van der Waals surface area (Å²) in [5.74, 6) is -0.774. The van der Waals surface area contributed by atoms with E-state index in [0.29, 0.717) is 16.7 Å². The number of benzene rings is 3. The van der Waals surface area contributed by atoms with Crippen LogP contribution < -0.4 is 11.1 Å². The van der Waals surface area contributed by atoms with Gasteiger partial charge >= 0.3 is 0 Å². The van der Waals surface area contributed by atoms with Crippen LogP contribution in [0.3, 0.4) is 0 Å². The van der Waals surface area contributed by atoms with Gasteiger partial charge in [0.1, 0.15) is 11.9 Å². The molecule has 0 aliphatic rings. The molecule has 0 saturated heterocycles. The van der Waals surface area contributed by atoms with Crippen molar-refractivity contribution in [3.05, 3.63) is 107 Å². The third kappa shape index (κ3) is 4.71. The maximum Gasteiger partial charge on any atom is 0.274 e. The summed E-state index contributed by atoms with van der Waals surface area (Å²) in [5, 5.41) is 2.78. The molecule has 0 aliphatic carbocycles. The van der Waals surface area contributed by atoms with Crippen LogP contribution in [0.5, 0.6) is 0 Å². The van der Waals surface area contributed by atoms with Gasteiger partial charge in [0.15, 0.2) is 0 Å². The number of amidine groups is 1. The molecule has 1 unspecified atom stereocenters. The Morgan fingerprint density at radius 3 is 2.11 bits per heavy atom. The Morgan fingerprint density at radius 1 is 0.857 bits per heavy atom. The van der Waals surface area contributed by atoms with Gasteiger partial charge in [-0.1, -0.05) is 78.4 Å². The molecule has 0 aromatic heterocycles. The molecule has 0 spiro atoms. The van der Waals surface area contributed by atoms with Crippen molar-refractivity contribution in [1.82, 2.24) is 5.32 Å². The van der Waals surface area contributed by atoms with Crippen molar-refractivity contribution in [2.75, 3.05) is 0 Å². The fraction of sp³-hybridized carbons (Fsp3) is 0.0870. The molecule has 0 radical (unpaired) electrons. The Balaban J connectivity index is 1.89. The highest BCUT2D eigenvalue weighted by Crippen LogP contribution is 2.16. The van der Waals surface area contributed by atoms with Gasteiger partial charge < -0.3 is 11.1 Å². The number of nitrogens with one attached hydrogen (secondary N) is 1. The lowest BCUT2D eigenvalue weighted by molar-refractivity contribution is -0.119. The molecule has 3 N–H and O–H groups in total. The minimum absolute atomic E-state index is 0.108. The number of carbonyl (C=O) groups is 2. The van der Waals surface area contributed by atoms with E-state index < -0.39 is 11.9 Å². The molecule has 1 atom stereocenters. The van der Waals surface area contributed by atoms with Crippen molar-refractivity contribution in [2.45, 2.75) is 13.0 Å². The predicted molar refractivity (Wildman–Crippen MR) is 110 cm³/mol. The van der Waals surface area contributed by atoms with Gasteiger partial charge in [0, 0.05) is 11.1 Å². The SMILES string of the molecule is Cc1cccc(C(=O)NC(C(=O)N=C(N)c2ccccc2)c2ccccc2)c1. The minimum atomic E-state index is -0.934. The lowest BCUT2D eigenvalue weighted by Crippen LogP contribution is -2.34. The van der Waals surface area contributed by atoms with Crippen LogP contribution in [0.25, 0.3) is 0 Å². The zero-order chi connectivity index (χ0) is 19.9. The van der Waals surface area contributed by atoms with Gasteiger partial charge in [-0.3, -0.25) is 9.59 Å². The number of hydrogen-bond acceptors (Lipinski definition) is 2. The number of aryl methyl sites for hydroxylation is 1. The summed E-state index contributed by atoms with van der Waals surface area (Å²) < 4.78 is 0. The monoisotopic (exact) mass is 371 g/mol. The van der Waals surface area contributed by atoms with Gasteiger partial charge in [-0.2, -0.15) is 4.99 Å². The first-order chi connectivity index (χ1) is 13.5. The second kappa shape index (κ2) is 8.77. The van der Waals surface area contributed by atoms with E-state index in [1.165, 1.54) is 0 Å². The zero-order valence-corrected chi connectivity index (χ0v) is 15.5. The van der Waals surface area contributed by atoms with Gasteiger partial charge in [-0.15, -0.1) is 0 Å². The molecule has 3 rings (SSSR count). The normalized spacial score (nSPS) is 12.2. The molecule has 3 aromatic rings. The lowest BCUT2D eigenvalue weighted by atomic mass is 10.0. The number of nitrogens with two attached hydrogens (primary N) is 1. The molecule has 0 aliphatic heterocycles. The van der Waals surface area contributed by atoms with Crippen LogP contribution in [0.2, 0.25) is 0 Å². The molecule has 0 heterocycles. The molecule has 28 heavy (non-hydrogen) atoms. The van der Waals surface area contributed by atoms with Gasteiger partial charge in [0.25, 0.3) is 11.8 Å². The molecule has 5 heteroatoms. The predicted octanol–water partition coefficient (Wildman–Crippen LogP) is 3.40. The molecular weight excluding hydrogens is 350 g/mol. The quantitative estimate of drug-likeness (QED) is 0.532. The summed E-state index contributed by atoms with van der Waals surface area (Å²) in [6, 6.07) is 24.3. The molecule has 140 valence electrons. The van der Waals surface area contributed by atoms with E-state index in [1.807, 2.05) is 37.3 Å². The van der Waals surface area contributed by atoms with Crippen LogP contribution in [0.15, 0.2) is 89.9 Å². The highest BCUT2D eigenvalue weighted by atomic mass is 16.2. The summed E-state index contributed by atoms with van der Waals surface area (Å²) >= 11 is 0. The van der Waals surface area contributed by atoms with Gasteiger partial charge in [0.05, 0.1) is 0 Å². The number of nitrogens with zero attached hydrogens (tertiary/aromatic N) is 1. The van der Waals surface area contributed by atoms with E-state index in [4.69, 9.17) is 5.73 Å². The van der Waals surface area contributed by atoms with Crippen molar-refractivity contribution in [1.29, 1.82) is 0 Å². The molecule has 2 amide bonds. The summed E-state index contributed by atoms with van der Waals surface area (Å²) in [4.78, 5) is 29.6. The lowest BCUT2D eigenvalue weighted by Gasteiger charge is -2.16. The van der Waals surface area contributed by atoms with E-state index in [2.05, 4.69) is 10.3 Å². The number of amides is 2. The van der Waals surface area contributed by atoms with E-state index in [9.17, 15) is 9.59 Å². The number of carbonyl (C=O) groups excluding carboxylic acids is 2. The van der Waals surface area contributed by atoms with E-state index >= 15 is 0 Å². The Hall–Kier alpha value is -3.73. The smallest absolute Gasteiger partial charge is 0.274 e. The first-order valence-corrected chi connectivity index (χ1v) is 8.90. The van der Waals surface area contributed by atoms with Crippen LogP contribution >= 0.6 is 0 Å². The first-order valence-electron chi connectivity index (χ1n) is 8.90. The van der Waals surface area contributed by atoms with Crippen LogP contribution in [0, 0.1) is 6.92 Å². The van der Waals surface area contributed by atoms with Crippen LogP contribution in [-0.2, 0) is 4.79 Å². The molecule has 0 bridgehead atoms. The highest BCUT2D eigenvalue weighted by molar-refractivity contribution is 6.06. The summed E-state index contributed by atoms with van der Waals surface area (Å²) in [6.45, 7) is 1.90. The second-order valence-corrected chi connectivity index (χ2v) is 6.39. The first kappa shape index (κ1) is 19.0. The highest BCUT2D eigenvalue weighted by Gasteiger charge is 2.23. The summed E-state index contributed by atoms with van der Waals surface area (Å²) in [5.41, 5.74) is 8.71. The average Bonchev–Trinajstić information content (AvgIpc) is 2.73. The van der Waals surface area contributed by atoms with Crippen molar-refractivity contribution >= 4 is 17.6 Å². The van der Waals surface area contributed by atoms with Gasteiger partial charge in [0.2, 0.25) is 0 Å². The van der Waals surface area contributed by atoms with E-state index in [0.717, 1.165) is 5.56 Å². The molecule has 0 fully saturated rings. The van der Waals surface area contributed by atoms with Crippen molar-refractivity contribution in [2.24, 2.45) is 10.7 Å². The van der Waals surface area contributed by atoms with Gasteiger partial charge in [-0.05, 0) is 24.6 Å². The standard InChI is InChI=1S/C23H21N3O2/c1-16-9-8-14-19(15-16)22(27)25-20(17-10-4-2-5-11-17)23(28)26-21(24)18-12-6-3-7-13-18/h2-15,20H,1H3,(H,25,27)(H2,24,26,28). The number of rotatable bonds is 5. The van der Waals surface area contributed by atoms with Gasteiger partial charge in [-0.25, -0.2) is 0 Å². The molecule has 5 nitrogen and oxygen atoms in total. The van der Waals surface area contributed by atoms with Crippen LogP contribution in [-0.4, -0.2) is 17.6 Å². The fourth-order valence-electron chi connectivity index (χ4n) is 2.79. The van der Waals surface area contributed by atoms with Crippen LogP contribution in [0.4, 0.5) is 0 Å². The van der Waals surface area contributed by atoms with Crippen molar-refractivity contribution < 1.29 is 9.59 Å². The van der Waals surface area contributed by atoms with Crippen molar-refractivity contribution in [3.63, 3.8) is 0 Å². The van der Waals surface area contributed by atoms with Crippen molar-refractivity contribution in [3.8, 4) is 0 Å². The van der Waals surface area contributed by atoms with Crippen LogP contribution in [0.1, 0.15) is 33.1 Å². The average molecular weight is 371 g/mol. The third-order valence-electron chi connectivity index (χ3n) is 4.24. The second-order valence-electron chi connectivity index (χ2n) is 6.39. The molecule has 0 saturated carbocycles. The number of hydrogen-bond donors (Lipinski definition) is 2. The Labute approximate surface area is 163 Å². The van der Waals surface area contributed by atoms with E-state index in [-0.39, 0.29) is 11.7 Å². The maximum absolute atomic E-state index is 12.9. The largest absolute Gasteiger partial charge is 0.383 e. The van der Waals surface area contributed by atoms with E-state index in [1.54, 1.807) is 54.6 Å². The third-order valence-corrected chi connectivity index (χ3v) is 4.24. The fourth-order valence-corrected chi connectivity index (χ4v) is 2.79. The minimum Gasteiger partial charge on any atom is -0.383 e. The Morgan fingerprint density at radius 2 is 1.46 bits per heavy atom. The molecular formula is C23H21N3O2. The summed E-state index contributed by atoms with van der Waals surface area (Å²) in [6.07, 6.45) is 0. The Bertz CT molecular complexity index is 999. The maximum atomic E-state index is 12.9. The summed E-state index contributed by atoms with van der Waals surface area (Å²) in [7, 11) is 0. The molecule has 3 aromatic carbocycles. The topological polar surface area (TPSA) is 84.5 Å². The Kier molecular flexibility index (Phi) is 5.97. The number of aliphatic imine (C=N–C) groups is 1. The zero-order valence-electron chi connectivity index (χ0n) is 15.5.